The second kappa shape index (κ2) is 7.61. The van der Waals surface area contributed by atoms with E-state index < -0.39 is 6.23 Å². The smallest absolute Gasteiger partial charge is 0.215 e. The zero-order valence-electron chi connectivity index (χ0n) is 15.3. The third-order valence-electron chi connectivity index (χ3n) is 5.21. The predicted molar refractivity (Wildman–Crippen MR) is 118 cm³/mol. The molecule has 2 aliphatic heterocycles. The van der Waals surface area contributed by atoms with Gasteiger partial charge < -0.3 is 4.74 Å². The standard InChI is InChI=1S/C22H13Cl4FN2O/c23-12-3-6-15(17(25)8-12)22-29-20(16-7-13(24)9-18(26)21(16)30-22)10-19(28-29)11-1-4-14(27)5-2-11/h1-9,20,22H,10H2/t20-,22-/m1/s1. The first-order valence-electron chi connectivity index (χ1n) is 9.13. The van der Waals surface area contributed by atoms with Gasteiger partial charge in [0, 0.05) is 27.6 Å². The number of hydrazone groups is 1. The molecule has 8 heteroatoms. The number of hydrogen-bond donors (Lipinski definition) is 0. The SMILES string of the molecule is Fc1ccc(C2=NN3[C@H](C2)c2cc(Cl)cc(Cl)c2O[C@@H]3c2ccc(Cl)cc2Cl)cc1. The van der Waals surface area contributed by atoms with Crippen molar-refractivity contribution >= 4 is 52.1 Å². The molecule has 0 saturated heterocycles. The lowest BCUT2D eigenvalue weighted by atomic mass is 9.96. The van der Waals surface area contributed by atoms with Crippen LogP contribution in [0, 0.1) is 5.82 Å². The molecule has 2 heterocycles. The Balaban J connectivity index is 1.64. The summed E-state index contributed by atoms with van der Waals surface area (Å²) in [6, 6.07) is 14.8. The van der Waals surface area contributed by atoms with E-state index in [0.29, 0.717) is 37.8 Å². The van der Waals surface area contributed by atoms with Gasteiger partial charge in [0.25, 0.3) is 0 Å². The molecule has 5 rings (SSSR count). The molecule has 0 amide bonds. The van der Waals surface area contributed by atoms with Crippen molar-refractivity contribution in [2.24, 2.45) is 5.10 Å². The number of nitrogens with zero attached hydrogens (tertiary/aromatic N) is 2. The zero-order chi connectivity index (χ0) is 21.0. The maximum Gasteiger partial charge on any atom is 0.215 e. The van der Waals surface area contributed by atoms with E-state index in [9.17, 15) is 4.39 Å². The highest BCUT2D eigenvalue weighted by Crippen LogP contribution is 2.51. The summed E-state index contributed by atoms with van der Waals surface area (Å²) in [4.78, 5) is 0. The molecule has 0 radical (unpaired) electrons. The molecule has 0 saturated carbocycles. The fourth-order valence-corrected chi connectivity index (χ4v) is 4.89. The lowest BCUT2D eigenvalue weighted by Gasteiger charge is -2.39. The monoisotopic (exact) mass is 480 g/mol. The number of halogens is 5. The van der Waals surface area contributed by atoms with Crippen LogP contribution in [0.25, 0.3) is 0 Å². The van der Waals surface area contributed by atoms with Crippen LogP contribution < -0.4 is 4.74 Å². The van der Waals surface area contributed by atoms with Crippen LogP contribution in [0.4, 0.5) is 4.39 Å². The lowest BCUT2D eigenvalue weighted by Crippen LogP contribution is -2.34. The van der Waals surface area contributed by atoms with Gasteiger partial charge in [0.05, 0.1) is 21.8 Å². The minimum atomic E-state index is -0.608. The molecule has 152 valence electrons. The third kappa shape index (κ3) is 3.42. The van der Waals surface area contributed by atoms with Crippen molar-refractivity contribution in [1.82, 2.24) is 5.01 Å². The van der Waals surface area contributed by atoms with Crippen LogP contribution in [-0.4, -0.2) is 10.7 Å². The van der Waals surface area contributed by atoms with Crippen LogP contribution in [-0.2, 0) is 0 Å². The Labute approximate surface area is 192 Å². The molecule has 2 aliphatic rings. The molecule has 0 N–H and O–H groups in total. The van der Waals surface area contributed by atoms with Crippen molar-refractivity contribution in [1.29, 1.82) is 0 Å². The number of ether oxygens (including phenoxy) is 1. The number of hydrogen-bond acceptors (Lipinski definition) is 3. The van der Waals surface area contributed by atoms with E-state index in [1.807, 2.05) is 17.1 Å². The van der Waals surface area contributed by atoms with E-state index in [4.69, 9.17) is 56.2 Å². The van der Waals surface area contributed by atoms with E-state index in [1.165, 1.54) is 12.1 Å². The van der Waals surface area contributed by atoms with Crippen molar-refractivity contribution in [2.75, 3.05) is 0 Å². The topological polar surface area (TPSA) is 24.8 Å². The molecular formula is C22H13Cl4FN2O. The fraction of sp³-hybridized carbons (Fsp3) is 0.136. The van der Waals surface area contributed by atoms with E-state index in [-0.39, 0.29) is 11.9 Å². The zero-order valence-corrected chi connectivity index (χ0v) is 18.3. The summed E-state index contributed by atoms with van der Waals surface area (Å²) >= 11 is 25.3. The van der Waals surface area contributed by atoms with Crippen molar-refractivity contribution < 1.29 is 9.13 Å². The van der Waals surface area contributed by atoms with Gasteiger partial charge in [-0.15, -0.1) is 0 Å². The molecule has 3 aromatic rings. The first-order valence-corrected chi connectivity index (χ1v) is 10.6. The quantitative estimate of drug-likeness (QED) is 0.374. The van der Waals surface area contributed by atoms with Crippen molar-refractivity contribution in [2.45, 2.75) is 18.7 Å². The average Bonchev–Trinajstić information content (AvgIpc) is 3.14. The summed E-state index contributed by atoms with van der Waals surface area (Å²) < 4.78 is 19.7. The first-order chi connectivity index (χ1) is 14.4. The molecule has 3 aromatic carbocycles. The Bertz CT molecular complexity index is 1180. The third-order valence-corrected chi connectivity index (χ3v) is 6.28. The Morgan fingerprint density at radius 3 is 2.33 bits per heavy atom. The number of rotatable bonds is 2. The van der Waals surface area contributed by atoms with Crippen LogP contribution in [0.5, 0.6) is 5.75 Å². The van der Waals surface area contributed by atoms with Gasteiger partial charge in [-0.1, -0.05) is 64.6 Å². The Kier molecular flexibility index (Phi) is 5.06. The highest BCUT2D eigenvalue weighted by molar-refractivity contribution is 6.36. The highest BCUT2D eigenvalue weighted by atomic mass is 35.5. The van der Waals surface area contributed by atoms with Gasteiger partial charge >= 0.3 is 0 Å². The minimum Gasteiger partial charge on any atom is -0.463 e. The predicted octanol–water partition coefficient (Wildman–Crippen LogP) is 7.68. The Morgan fingerprint density at radius 1 is 0.867 bits per heavy atom. The molecule has 0 fully saturated rings. The molecule has 0 unspecified atom stereocenters. The van der Waals surface area contributed by atoms with Gasteiger partial charge in [0.2, 0.25) is 6.23 Å². The maximum atomic E-state index is 13.4. The molecular weight excluding hydrogens is 469 g/mol. The van der Waals surface area contributed by atoms with E-state index >= 15 is 0 Å². The second-order valence-electron chi connectivity index (χ2n) is 7.10. The van der Waals surface area contributed by atoms with Gasteiger partial charge in [-0.25, -0.2) is 9.40 Å². The summed E-state index contributed by atoms with van der Waals surface area (Å²) in [6.07, 6.45) is -0.0238. The van der Waals surface area contributed by atoms with Gasteiger partial charge in [-0.2, -0.15) is 5.10 Å². The van der Waals surface area contributed by atoms with Crippen LogP contribution in [0.3, 0.4) is 0 Å². The molecule has 3 nitrogen and oxygen atoms in total. The van der Waals surface area contributed by atoms with Gasteiger partial charge in [0.15, 0.2) is 0 Å². The highest BCUT2D eigenvalue weighted by Gasteiger charge is 2.42. The van der Waals surface area contributed by atoms with E-state index in [2.05, 4.69) is 0 Å². The molecule has 2 atom stereocenters. The molecule has 0 aromatic heterocycles. The second-order valence-corrected chi connectivity index (χ2v) is 8.78. The summed E-state index contributed by atoms with van der Waals surface area (Å²) in [5.74, 6) is 0.252. The Morgan fingerprint density at radius 2 is 1.60 bits per heavy atom. The van der Waals surface area contributed by atoms with Gasteiger partial charge in [-0.05, 0) is 42.0 Å². The van der Waals surface area contributed by atoms with E-state index in [0.717, 1.165) is 16.8 Å². The lowest BCUT2D eigenvalue weighted by molar-refractivity contribution is -0.0188. The van der Waals surface area contributed by atoms with Crippen molar-refractivity contribution in [3.05, 3.63) is 97.2 Å². The van der Waals surface area contributed by atoms with Crippen LogP contribution in [0.15, 0.2) is 59.7 Å². The van der Waals surface area contributed by atoms with E-state index in [1.54, 1.807) is 30.3 Å². The first kappa shape index (κ1) is 20.0. The molecule has 0 bridgehead atoms. The van der Waals surface area contributed by atoms with Crippen LogP contribution >= 0.6 is 46.4 Å². The Hall–Kier alpha value is -1.98. The minimum absolute atomic E-state index is 0.165. The van der Waals surface area contributed by atoms with Crippen molar-refractivity contribution in [3.8, 4) is 5.75 Å². The summed E-state index contributed by atoms with van der Waals surface area (Å²) in [5, 5.41) is 8.59. The van der Waals surface area contributed by atoms with Crippen LogP contribution in [0.1, 0.15) is 35.4 Å². The number of fused-ring (bicyclic) bond motifs is 3. The number of benzene rings is 3. The average molecular weight is 482 g/mol. The van der Waals surface area contributed by atoms with Gasteiger partial charge in [-0.3, -0.25) is 0 Å². The van der Waals surface area contributed by atoms with Gasteiger partial charge in [0.1, 0.15) is 11.6 Å². The molecule has 30 heavy (non-hydrogen) atoms. The maximum absolute atomic E-state index is 13.4. The molecule has 0 spiro atoms. The largest absolute Gasteiger partial charge is 0.463 e. The normalized spacial score (nSPS) is 19.8. The summed E-state index contributed by atoms with van der Waals surface area (Å²) in [7, 11) is 0. The van der Waals surface area contributed by atoms with Crippen molar-refractivity contribution in [3.63, 3.8) is 0 Å². The summed E-state index contributed by atoms with van der Waals surface area (Å²) in [5.41, 5.74) is 3.20. The summed E-state index contributed by atoms with van der Waals surface area (Å²) in [6.45, 7) is 0. The fourth-order valence-electron chi connectivity index (χ4n) is 3.84. The van der Waals surface area contributed by atoms with Crippen LogP contribution in [0.2, 0.25) is 20.1 Å². The molecule has 0 aliphatic carbocycles.